The first-order valence-electron chi connectivity index (χ1n) is 12.2. The number of hydrogen-bond donors (Lipinski definition) is 9. The smallest absolute Gasteiger partial charge is 0.326 e. The van der Waals surface area contributed by atoms with Crippen molar-refractivity contribution < 1.29 is 24.3 Å². The number of carboxylic acids is 1. The molecule has 39 heavy (non-hydrogen) atoms. The highest BCUT2D eigenvalue weighted by atomic mass is 32.1. The average molecular weight is 562 g/mol. The van der Waals surface area contributed by atoms with Gasteiger partial charge in [0.25, 0.3) is 0 Å². The van der Waals surface area contributed by atoms with Crippen LogP contribution in [0.15, 0.2) is 47.8 Å². The van der Waals surface area contributed by atoms with Gasteiger partial charge in [-0.2, -0.15) is 12.6 Å². The highest BCUT2D eigenvalue weighted by Gasteiger charge is 2.30. The summed E-state index contributed by atoms with van der Waals surface area (Å²) in [5.41, 5.74) is 18.0. The predicted octanol–water partition coefficient (Wildman–Crippen LogP) is -1.96. The molecule has 4 unspecified atom stereocenters. The molecule has 3 amide bonds. The lowest BCUT2D eigenvalue weighted by Gasteiger charge is -2.24. The zero-order chi connectivity index (χ0) is 28.8. The first kappa shape index (κ1) is 31.1. The number of carboxylic acid groups (broad SMARTS) is 1. The van der Waals surface area contributed by atoms with Crippen LogP contribution < -0.4 is 33.2 Å². The summed E-state index contributed by atoms with van der Waals surface area (Å²) >= 11 is 4.15. The highest BCUT2D eigenvalue weighted by Crippen LogP contribution is 2.06. The molecule has 0 aliphatic carbocycles. The molecule has 0 aliphatic heterocycles. The predicted molar refractivity (Wildman–Crippen MR) is 148 cm³/mol. The van der Waals surface area contributed by atoms with Crippen LogP contribution in [0.1, 0.15) is 24.1 Å². The van der Waals surface area contributed by atoms with Crippen molar-refractivity contribution in [3.8, 4) is 0 Å². The number of aromatic nitrogens is 2. The zero-order valence-electron chi connectivity index (χ0n) is 21.2. The quantitative estimate of drug-likeness (QED) is 0.0477. The maximum absolute atomic E-state index is 13.1. The summed E-state index contributed by atoms with van der Waals surface area (Å²) < 4.78 is 0. The van der Waals surface area contributed by atoms with Gasteiger partial charge < -0.3 is 43.2 Å². The molecule has 11 N–H and O–H groups in total. The van der Waals surface area contributed by atoms with Crippen LogP contribution in [0.4, 0.5) is 0 Å². The van der Waals surface area contributed by atoms with Crippen LogP contribution in [0.25, 0.3) is 0 Å². The van der Waals surface area contributed by atoms with Crippen molar-refractivity contribution in [3.05, 3.63) is 54.1 Å². The first-order valence-corrected chi connectivity index (χ1v) is 12.8. The van der Waals surface area contributed by atoms with E-state index in [0.29, 0.717) is 17.7 Å². The fraction of sp³-hybridized carbons (Fsp3) is 0.417. The highest BCUT2D eigenvalue weighted by molar-refractivity contribution is 7.80. The van der Waals surface area contributed by atoms with Crippen LogP contribution >= 0.6 is 12.6 Å². The van der Waals surface area contributed by atoms with Crippen LogP contribution in [0.5, 0.6) is 0 Å². The van der Waals surface area contributed by atoms with Crippen molar-refractivity contribution in [1.29, 1.82) is 0 Å². The number of aliphatic carboxylic acids is 1. The van der Waals surface area contributed by atoms with E-state index in [1.54, 1.807) is 30.3 Å². The van der Waals surface area contributed by atoms with E-state index in [1.807, 2.05) is 0 Å². The Kier molecular flexibility index (Phi) is 12.8. The number of hydrogen-bond acceptors (Lipinski definition) is 8. The zero-order valence-corrected chi connectivity index (χ0v) is 22.1. The number of guanidine groups is 1. The molecule has 0 spiro atoms. The molecule has 0 aliphatic rings. The van der Waals surface area contributed by atoms with E-state index >= 15 is 0 Å². The molecule has 212 valence electrons. The second-order valence-electron chi connectivity index (χ2n) is 8.73. The summed E-state index contributed by atoms with van der Waals surface area (Å²) in [5.74, 6) is -3.46. The van der Waals surface area contributed by atoms with Crippen molar-refractivity contribution in [1.82, 2.24) is 25.9 Å². The number of imidazole rings is 1. The molecule has 2 aromatic rings. The van der Waals surface area contributed by atoms with Crippen LogP contribution in [0, 0.1) is 0 Å². The fourth-order valence-electron chi connectivity index (χ4n) is 3.57. The van der Waals surface area contributed by atoms with Gasteiger partial charge in [0.15, 0.2) is 5.96 Å². The standard InChI is InChI=1S/C24H35N9O5S/c25-16(10-15-11-28-13-30-15)20(34)31-17(7-4-8-29-24(26)27)21(35)33-19(12-39)22(36)32-18(23(37)38)9-14-5-2-1-3-6-14/h1-3,5-6,11,13,16-19,39H,4,7-10,12,25H2,(H,28,30)(H,31,34)(H,32,36)(H,33,35)(H,37,38)(H4,26,27,29). The number of rotatable bonds is 16. The van der Waals surface area contributed by atoms with Gasteiger partial charge in [0.05, 0.1) is 12.4 Å². The van der Waals surface area contributed by atoms with Crippen LogP contribution in [0.2, 0.25) is 0 Å². The van der Waals surface area contributed by atoms with Crippen molar-refractivity contribution in [2.75, 3.05) is 12.3 Å². The largest absolute Gasteiger partial charge is 0.480 e. The molecule has 14 nitrogen and oxygen atoms in total. The molecule has 4 atom stereocenters. The van der Waals surface area contributed by atoms with E-state index in [9.17, 15) is 24.3 Å². The minimum atomic E-state index is -1.23. The Hall–Kier alpha value is -4.11. The van der Waals surface area contributed by atoms with E-state index in [-0.39, 0.29) is 37.5 Å². The number of nitrogens with one attached hydrogen (secondary N) is 4. The Morgan fingerprint density at radius 1 is 0.974 bits per heavy atom. The topological polar surface area (TPSA) is 244 Å². The Morgan fingerprint density at radius 2 is 1.62 bits per heavy atom. The van der Waals surface area contributed by atoms with Gasteiger partial charge in [-0.15, -0.1) is 0 Å². The van der Waals surface area contributed by atoms with Crippen molar-refractivity contribution >= 4 is 42.3 Å². The van der Waals surface area contributed by atoms with Gasteiger partial charge in [-0.3, -0.25) is 19.4 Å². The van der Waals surface area contributed by atoms with Gasteiger partial charge in [0, 0.05) is 37.0 Å². The van der Waals surface area contributed by atoms with Gasteiger partial charge in [-0.05, 0) is 18.4 Å². The SMILES string of the molecule is NC(N)=NCCCC(NC(=O)C(N)Cc1cnc[nH]1)C(=O)NC(CS)C(=O)NC(Cc1ccccc1)C(=O)O. The number of benzene rings is 1. The Morgan fingerprint density at radius 3 is 2.21 bits per heavy atom. The second kappa shape index (κ2) is 16.0. The fourth-order valence-corrected chi connectivity index (χ4v) is 3.82. The lowest BCUT2D eigenvalue weighted by Crippen LogP contribution is -2.58. The summed E-state index contributed by atoms with van der Waals surface area (Å²) in [5, 5.41) is 17.2. The third kappa shape index (κ3) is 11.0. The van der Waals surface area contributed by atoms with Gasteiger partial charge in [0.2, 0.25) is 17.7 Å². The Balaban J connectivity index is 2.06. The molecule has 0 saturated carbocycles. The maximum Gasteiger partial charge on any atom is 0.326 e. The molecule has 0 bridgehead atoms. The molecular formula is C24H35N9O5S. The number of aromatic amines is 1. The van der Waals surface area contributed by atoms with Gasteiger partial charge >= 0.3 is 5.97 Å². The van der Waals surface area contributed by atoms with E-state index in [1.165, 1.54) is 12.5 Å². The Bertz CT molecular complexity index is 1110. The van der Waals surface area contributed by atoms with Crippen molar-refractivity contribution in [2.45, 2.75) is 49.9 Å². The molecule has 15 heteroatoms. The van der Waals surface area contributed by atoms with E-state index in [0.717, 1.165) is 0 Å². The lowest BCUT2D eigenvalue weighted by molar-refractivity contribution is -0.142. The first-order chi connectivity index (χ1) is 18.6. The van der Waals surface area contributed by atoms with Crippen LogP contribution in [0.3, 0.4) is 0 Å². The molecule has 1 aromatic carbocycles. The summed E-state index contributed by atoms with van der Waals surface area (Å²) in [4.78, 5) is 61.1. The number of H-pyrrole nitrogens is 1. The van der Waals surface area contributed by atoms with Crippen molar-refractivity contribution in [2.24, 2.45) is 22.2 Å². The maximum atomic E-state index is 13.1. The minimum Gasteiger partial charge on any atom is -0.480 e. The third-order valence-corrected chi connectivity index (χ3v) is 5.99. The Labute approximate surface area is 231 Å². The molecule has 0 radical (unpaired) electrons. The van der Waals surface area contributed by atoms with Gasteiger partial charge in [0.1, 0.15) is 18.1 Å². The monoisotopic (exact) mass is 561 g/mol. The third-order valence-electron chi connectivity index (χ3n) is 5.62. The van der Waals surface area contributed by atoms with E-state index < -0.39 is 47.9 Å². The summed E-state index contributed by atoms with van der Waals surface area (Å²) in [6.45, 7) is 0.207. The van der Waals surface area contributed by atoms with Crippen molar-refractivity contribution in [3.63, 3.8) is 0 Å². The molecular weight excluding hydrogens is 526 g/mol. The number of thiol groups is 1. The second-order valence-corrected chi connectivity index (χ2v) is 9.10. The van der Waals surface area contributed by atoms with Crippen LogP contribution in [-0.4, -0.2) is 81.2 Å². The number of nitrogens with two attached hydrogens (primary N) is 3. The summed E-state index contributed by atoms with van der Waals surface area (Å²) in [6.07, 6.45) is 3.67. The number of amides is 3. The van der Waals surface area contributed by atoms with E-state index in [4.69, 9.17) is 17.2 Å². The molecule has 1 heterocycles. The number of aliphatic imine (C=N–C) groups is 1. The summed E-state index contributed by atoms with van der Waals surface area (Å²) in [7, 11) is 0. The van der Waals surface area contributed by atoms with E-state index in [2.05, 4.69) is 43.5 Å². The normalized spacial score (nSPS) is 13.8. The number of carbonyl (C=O) groups is 4. The molecule has 0 fully saturated rings. The molecule has 1 aromatic heterocycles. The number of nitrogens with zero attached hydrogens (tertiary/aromatic N) is 2. The van der Waals surface area contributed by atoms with Gasteiger partial charge in [-0.1, -0.05) is 30.3 Å². The summed E-state index contributed by atoms with van der Waals surface area (Å²) in [6, 6.07) is 4.35. The molecule has 2 rings (SSSR count). The lowest BCUT2D eigenvalue weighted by atomic mass is 10.1. The number of carbonyl (C=O) groups excluding carboxylic acids is 3. The minimum absolute atomic E-state index is 0.0485. The average Bonchev–Trinajstić information content (AvgIpc) is 3.41. The van der Waals surface area contributed by atoms with Crippen LogP contribution in [-0.2, 0) is 32.0 Å². The molecule has 0 saturated heterocycles. The van der Waals surface area contributed by atoms with Gasteiger partial charge in [-0.25, -0.2) is 9.78 Å².